The largest absolute Gasteiger partial charge is 0.497 e. The second kappa shape index (κ2) is 7.40. The van der Waals surface area contributed by atoms with Crippen molar-refractivity contribution in [2.24, 2.45) is 0 Å². The van der Waals surface area contributed by atoms with Crippen molar-refractivity contribution in [1.82, 2.24) is 14.8 Å². The predicted octanol–water partition coefficient (Wildman–Crippen LogP) is 4.06. The second-order valence-electron chi connectivity index (χ2n) is 5.00. The number of nitrogens with zero attached hydrogens (tertiary/aromatic N) is 3. The molecule has 6 heteroatoms. The number of thioether (sulfide) groups is 1. The molecule has 0 N–H and O–H groups in total. The van der Waals surface area contributed by atoms with E-state index >= 15 is 0 Å². The zero-order chi connectivity index (χ0) is 16.9. The van der Waals surface area contributed by atoms with Gasteiger partial charge in [-0.25, -0.2) is 0 Å². The highest BCUT2D eigenvalue weighted by Crippen LogP contribution is 2.30. The first kappa shape index (κ1) is 16.4. The number of ether oxygens (including phenoxy) is 2. The number of hydrogen-bond acceptors (Lipinski definition) is 5. The molecular formula is C18H19N3O2S. The van der Waals surface area contributed by atoms with Gasteiger partial charge in [0.1, 0.15) is 11.5 Å². The zero-order valence-electron chi connectivity index (χ0n) is 13.9. The monoisotopic (exact) mass is 341 g/mol. The van der Waals surface area contributed by atoms with Gasteiger partial charge in [-0.1, -0.05) is 30.8 Å². The van der Waals surface area contributed by atoms with Crippen LogP contribution in [0.3, 0.4) is 0 Å². The zero-order valence-corrected chi connectivity index (χ0v) is 14.7. The SMILES string of the molecule is CCSc1nnc(-c2cccc(OC)c2)n1-c1ccc(OC)cc1. The molecule has 24 heavy (non-hydrogen) atoms. The molecule has 0 saturated heterocycles. The first-order chi connectivity index (χ1) is 11.8. The van der Waals surface area contributed by atoms with E-state index in [0.29, 0.717) is 0 Å². The van der Waals surface area contributed by atoms with Crippen LogP contribution in [0.2, 0.25) is 0 Å². The van der Waals surface area contributed by atoms with Crippen molar-refractivity contribution >= 4 is 11.8 Å². The summed E-state index contributed by atoms with van der Waals surface area (Å²) in [6, 6.07) is 15.7. The molecule has 3 aromatic rings. The molecule has 0 aliphatic heterocycles. The van der Waals surface area contributed by atoms with Gasteiger partial charge in [0.15, 0.2) is 11.0 Å². The van der Waals surface area contributed by atoms with E-state index in [1.807, 2.05) is 48.5 Å². The minimum absolute atomic E-state index is 0.787. The van der Waals surface area contributed by atoms with E-state index in [2.05, 4.69) is 21.7 Å². The van der Waals surface area contributed by atoms with Crippen LogP contribution in [0.25, 0.3) is 17.1 Å². The predicted molar refractivity (Wildman–Crippen MR) is 96.3 cm³/mol. The summed E-state index contributed by atoms with van der Waals surface area (Å²) in [7, 11) is 3.32. The molecule has 0 bridgehead atoms. The standard InChI is InChI=1S/C18H19N3O2S/c1-4-24-18-20-19-17(13-6-5-7-16(12-13)23-3)21(18)14-8-10-15(22-2)11-9-14/h5-12H,4H2,1-3H3. The Hall–Kier alpha value is -2.47. The normalized spacial score (nSPS) is 10.6. The number of methoxy groups -OCH3 is 2. The highest BCUT2D eigenvalue weighted by Gasteiger charge is 2.16. The summed E-state index contributed by atoms with van der Waals surface area (Å²) in [5.41, 5.74) is 1.95. The van der Waals surface area contributed by atoms with Gasteiger partial charge in [-0.3, -0.25) is 4.57 Å². The number of aromatic nitrogens is 3. The Labute approximate surface area is 145 Å². The second-order valence-corrected chi connectivity index (χ2v) is 6.24. The maximum absolute atomic E-state index is 5.33. The lowest BCUT2D eigenvalue weighted by Crippen LogP contribution is -2.00. The fraction of sp³-hybridized carbons (Fsp3) is 0.222. The van der Waals surface area contributed by atoms with E-state index in [0.717, 1.165) is 39.5 Å². The summed E-state index contributed by atoms with van der Waals surface area (Å²) in [5.74, 6) is 3.32. The van der Waals surface area contributed by atoms with Gasteiger partial charge in [-0.15, -0.1) is 10.2 Å². The molecule has 0 unspecified atom stereocenters. The maximum Gasteiger partial charge on any atom is 0.196 e. The molecule has 0 amide bonds. The number of hydrogen-bond donors (Lipinski definition) is 0. The Morgan fingerprint density at radius 1 is 0.958 bits per heavy atom. The van der Waals surface area contributed by atoms with Crippen LogP contribution in [0, 0.1) is 0 Å². The summed E-state index contributed by atoms with van der Waals surface area (Å²) >= 11 is 1.66. The molecule has 0 spiro atoms. The van der Waals surface area contributed by atoms with Gasteiger partial charge >= 0.3 is 0 Å². The van der Waals surface area contributed by atoms with Crippen molar-refractivity contribution in [3.8, 4) is 28.6 Å². The fourth-order valence-corrected chi connectivity index (χ4v) is 3.08. The van der Waals surface area contributed by atoms with Crippen molar-refractivity contribution in [3.05, 3.63) is 48.5 Å². The first-order valence-electron chi connectivity index (χ1n) is 7.64. The molecule has 0 atom stereocenters. The van der Waals surface area contributed by atoms with Crippen LogP contribution in [0.1, 0.15) is 6.92 Å². The average Bonchev–Trinajstić information content (AvgIpc) is 3.06. The van der Waals surface area contributed by atoms with E-state index in [1.165, 1.54) is 0 Å². The Balaban J connectivity index is 2.12. The maximum atomic E-state index is 5.33. The van der Waals surface area contributed by atoms with Crippen molar-refractivity contribution in [2.75, 3.05) is 20.0 Å². The smallest absolute Gasteiger partial charge is 0.196 e. The lowest BCUT2D eigenvalue weighted by molar-refractivity contribution is 0.414. The molecule has 0 aliphatic rings. The lowest BCUT2D eigenvalue weighted by Gasteiger charge is -2.11. The third-order valence-electron chi connectivity index (χ3n) is 3.57. The van der Waals surface area contributed by atoms with Crippen LogP contribution in [0.5, 0.6) is 11.5 Å². The molecule has 3 rings (SSSR count). The topological polar surface area (TPSA) is 49.2 Å². The fourth-order valence-electron chi connectivity index (χ4n) is 2.41. The summed E-state index contributed by atoms with van der Waals surface area (Å²) in [4.78, 5) is 0. The van der Waals surface area contributed by atoms with Gasteiger partial charge in [0.05, 0.1) is 14.2 Å². The van der Waals surface area contributed by atoms with Crippen molar-refractivity contribution in [1.29, 1.82) is 0 Å². The third kappa shape index (κ3) is 3.23. The molecule has 2 aromatic carbocycles. The summed E-state index contributed by atoms with van der Waals surface area (Å²) in [6.07, 6.45) is 0. The molecule has 1 aromatic heterocycles. The van der Waals surface area contributed by atoms with E-state index in [1.54, 1.807) is 26.0 Å². The summed E-state index contributed by atoms with van der Waals surface area (Å²) < 4.78 is 12.6. The van der Waals surface area contributed by atoms with Gasteiger partial charge < -0.3 is 9.47 Å². The summed E-state index contributed by atoms with van der Waals surface area (Å²) in [5, 5.41) is 9.63. The van der Waals surface area contributed by atoms with E-state index < -0.39 is 0 Å². The number of benzene rings is 2. The van der Waals surface area contributed by atoms with Crippen molar-refractivity contribution in [2.45, 2.75) is 12.1 Å². The molecule has 5 nitrogen and oxygen atoms in total. The Morgan fingerprint density at radius 2 is 1.71 bits per heavy atom. The average molecular weight is 341 g/mol. The molecule has 124 valence electrons. The van der Waals surface area contributed by atoms with Crippen LogP contribution in [0.4, 0.5) is 0 Å². The minimum atomic E-state index is 0.787. The quantitative estimate of drug-likeness (QED) is 0.633. The molecule has 1 heterocycles. The van der Waals surface area contributed by atoms with Crippen LogP contribution < -0.4 is 9.47 Å². The molecule has 0 saturated carbocycles. The van der Waals surface area contributed by atoms with Crippen molar-refractivity contribution in [3.63, 3.8) is 0 Å². The van der Waals surface area contributed by atoms with Crippen LogP contribution >= 0.6 is 11.8 Å². The highest BCUT2D eigenvalue weighted by atomic mass is 32.2. The Bertz CT molecular complexity index is 815. The highest BCUT2D eigenvalue weighted by molar-refractivity contribution is 7.99. The lowest BCUT2D eigenvalue weighted by atomic mass is 10.2. The van der Waals surface area contributed by atoms with E-state index in [-0.39, 0.29) is 0 Å². The van der Waals surface area contributed by atoms with Crippen LogP contribution in [-0.2, 0) is 0 Å². The first-order valence-corrected chi connectivity index (χ1v) is 8.62. The van der Waals surface area contributed by atoms with Crippen molar-refractivity contribution < 1.29 is 9.47 Å². The minimum Gasteiger partial charge on any atom is -0.497 e. The number of rotatable bonds is 6. The van der Waals surface area contributed by atoms with Crippen LogP contribution in [-0.4, -0.2) is 34.7 Å². The Kier molecular flexibility index (Phi) is 5.05. The van der Waals surface area contributed by atoms with Gasteiger partial charge in [-0.05, 0) is 42.2 Å². The molecule has 0 radical (unpaired) electrons. The Morgan fingerprint density at radius 3 is 2.38 bits per heavy atom. The third-order valence-corrected chi connectivity index (χ3v) is 4.38. The van der Waals surface area contributed by atoms with Gasteiger partial charge in [0, 0.05) is 11.3 Å². The van der Waals surface area contributed by atoms with E-state index in [9.17, 15) is 0 Å². The molecule has 0 fully saturated rings. The van der Waals surface area contributed by atoms with E-state index in [4.69, 9.17) is 9.47 Å². The van der Waals surface area contributed by atoms with Crippen LogP contribution in [0.15, 0.2) is 53.7 Å². The molecular weight excluding hydrogens is 322 g/mol. The van der Waals surface area contributed by atoms with Gasteiger partial charge in [-0.2, -0.15) is 0 Å². The molecule has 0 aliphatic carbocycles. The van der Waals surface area contributed by atoms with Gasteiger partial charge in [0.2, 0.25) is 0 Å². The summed E-state index contributed by atoms with van der Waals surface area (Å²) in [6.45, 7) is 2.10. The van der Waals surface area contributed by atoms with Gasteiger partial charge in [0.25, 0.3) is 0 Å².